The highest BCUT2D eigenvalue weighted by molar-refractivity contribution is 6.16. The molecular weight excluding hydrogens is 238 g/mol. The average Bonchev–Trinajstić information content (AvgIpc) is 2.38. The topological polar surface area (TPSA) is 46.2 Å². The molecule has 2 aromatic carbocycles. The molecule has 1 amide bonds. The molecule has 0 heterocycles. The van der Waals surface area contributed by atoms with Gasteiger partial charge >= 0.3 is 0 Å². The molecule has 19 heavy (non-hydrogen) atoms. The third kappa shape index (κ3) is 1.93. The summed E-state index contributed by atoms with van der Waals surface area (Å²) in [4.78, 5) is 23.8. The molecule has 2 aromatic rings. The van der Waals surface area contributed by atoms with E-state index in [9.17, 15) is 9.59 Å². The van der Waals surface area contributed by atoms with Gasteiger partial charge in [-0.15, -0.1) is 0 Å². The lowest BCUT2D eigenvalue weighted by Crippen LogP contribution is -2.18. The quantitative estimate of drug-likeness (QED) is 0.722. The van der Waals surface area contributed by atoms with Crippen molar-refractivity contribution in [3.63, 3.8) is 0 Å². The van der Waals surface area contributed by atoms with Crippen LogP contribution >= 0.6 is 0 Å². The second kappa shape index (κ2) is 4.35. The number of amides is 1. The molecule has 0 aliphatic heterocycles. The molecule has 0 radical (unpaired) electrons. The standard InChI is InChI=1S/C16H13NO2/c1-10(18)17-14-8-4-6-12-9-11-5-2-3-7-13(11)16(19)15(12)14/h2-8H,9H2,1H3,(H,17,18). The van der Waals surface area contributed by atoms with E-state index in [2.05, 4.69) is 5.32 Å². The number of hydrogen-bond donors (Lipinski definition) is 1. The number of hydrogen-bond acceptors (Lipinski definition) is 2. The largest absolute Gasteiger partial charge is 0.326 e. The van der Waals surface area contributed by atoms with Crippen molar-refractivity contribution in [2.45, 2.75) is 13.3 Å². The zero-order valence-electron chi connectivity index (χ0n) is 10.6. The second-order valence-corrected chi connectivity index (χ2v) is 4.68. The molecule has 0 bridgehead atoms. The summed E-state index contributed by atoms with van der Waals surface area (Å²) in [7, 11) is 0. The number of carbonyl (C=O) groups is 2. The Kier molecular flexibility index (Phi) is 2.67. The molecule has 0 unspecified atom stereocenters. The van der Waals surface area contributed by atoms with E-state index in [1.807, 2.05) is 36.4 Å². The van der Waals surface area contributed by atoms with Crippen molar-refractivity contribution < 1.29 is 9.59 Å². The number of ketones is 1. The molecule has 3 heteroatoms. The minimum atomic E-state index is -0.167. The van der Waals surface area contributed by atoms with Crippen LogP contribution < -0.4 is 5.32 Å². The first kappa shape index (κ1) is 11.7. The highest BCUT2D eigenvalue weighted by atomic mass is 16.1. The normalized spacial score (nSPS) is 12.6. The van der Waals surface area contributed by atoms with E-state index in [0.29, 0.717) is 11.3 Å². The van der Waals surface area contributed by atoms with Gasteiger partial charge < -0.3 is 5.32 Å². The van der Waals surface area contributed by atoms with Crippen LogP contribution in [0, 0.1) is 0 Å². The molecule has 94 valence electrons. The maximum atomic E-state index is 12.6. The van der Waals surface area contributed by atoms with Crippen molar-refractivity contribution in [1.29, 1.82) is 0 Å². The summed E-state index contributed by atoms with van der Waals surface area (Å²) in [6, 6.07) is 13.2. The second-order valence-electron chi connectivity index (χ2n) is 4.68. The van der Waals surface area contributed by atoms with Gasteiger partial charge in [0.15, 0.2) is 5.78 Å². The Morgan fingerprint density at radius 1 is 1.05 bits per heavy atom. The monoisotopic (exact) mass is 251 g/mol. The lowest BCUT2D eigenvalue weighted by atomic mass is 9.84. The van der Waals surface area contributed by atoms with Crippen molar-refractivity contribution in [3.8, 4) is 0 Å². The first-order valence-corrected chi connectivity index (χ1v) is 6.19. The number of fused-ring (bicyclic) bond motifs is 2. The van der Waals surface area contributed by atoms with E-state index in [0.717, 1.165) is 23.1 Å². The number of nitrogens with one attached hydrogen (secondary N) is 1. The van der Waals surface area contributed by atoms with Gasteiger partial charge in [-0.2, -0.15) is 0 Å². The van der Waals surface area contributed by atoms with Gasteiger partial charge in [0, 0.05) is 18.1 Å². The zero-order chi connectivity index (χ0) is 13.4. The lowest BCUT2D eigenvalue weighted by Gasteiger charge is -2.21. The van der Waals surface area contributed by atoms with Crippen LogP contribution in [-0.4, -0.2) is 11.7 Å². The summed E-state index contributed by atoms with van der Waals surface area (Å²) in [6.45, 7) is 1.45. The SMILES string of the molecule is CC(=O)Nc1cccc2c1C(=O)c1ccccc1C2. The fourth-order valence-electron chi connectivity index (χ4n) is 2.55. The Balaban J connectivity index is 2.16. The van der Waals surface area contributed by atoms with Crippen LogP contribution in [0.4, 0.5) is 5.69 Å². The molecule has 1 N–H and O–H groups in total. The zero-order valence-corrected chi connectivity index (χ0v) is 10.6. The van der Waals surface area contributed by atoms with Crippen molar-refractivity contribution in [1.82, 2.24) is 0 Å². The minimum absolute atomic E-state index is 0.0128. The Morgan fingerprint density at radius 3 is 2.58 bits per heavy atom. The van der Waals surface area contributed by atoms with Gasteiger partial charge in [-0.25, -0.2) is 0 Å². The van der Waals surface area contributed by atoms with Crippen molar-refractivity contribution in [2.24, 2.45) is 0 Å². The number of carbonyl (C=O) groups excluding carboxylic acids is 2. The van der Waals surface area contributed by atoms with Gasteiger partial charge in [0.05, 0.1) is 5.69 Å². The molecule has 0 atom stereocenters. The summed E-state index contributed by atoms with van der Waals surface area (Å²) in [5.41, 5.74) is 3.96. The fraction of sp³-hybridized carbons (Fsp3) is 0.125. The molecule has 0 fully saturated rings. The smallest absolute Gasteiger partial charge is 0.221 e. The van der Waals surface area contributed by atoms with Gasteiger partial charge in [0.2, 0.25) is 5.91 Å². The van der Waals surface area contributed by atoms with Crippen LogP contribution in [0.25, 0.3) is 0 Å². The molecule has 1 aliphatic carbocycles. The minimum Gasteiger partial charge on any atom is -0.326 e. The summed E-state index contributed by atoms with van der Waals surface area (Å²) in [6.07, 6.45) is 0.727. The highest BCUT2D eigenvalue weighted by Crippen LogP contribution is 2.31. The summed E-state index contributed by atoms with van der Waals surface area (Å²) in [5, 5.41) is 2.73. The number of rotatable bonds is 1. The lowest BCUT2D eigenvalue weighted by molar-refractivity contribution is -0.114. The van der Waals surface area contributed by atoms with E-state index in [-0.39, 0.29) is 11.7 Å². The van der Waals surface area contributed by atoms with Crippen LogP contribution in [0.3, 0.4) is 0 Å². The third-order valence-corrected chi connectivity index (χ3v) is 3.33. The van der Waals surface area contributed by atoms with Crippen LogP contribution in [0.2, 0.25) is 0 Å². The van der Waals surface area contributed by atoms with Crippen LogP contribution in [0.15, 0.2) is 42.5 Å². The van der Waals surface area contributed by atoms with Gasteiger partial charge in [-0.1, -0.05) is 36.4 Å². The molecule has 0 saturated carbocycles. The van der Waals surface area contributed by atoms with Crippen LogP contribution in [0.1, 0.15) is 34.0 Å². The van der Waals surface area contributed by atoms with Gasteiger partial charge in [-0.05, 0) is 23.6 Å². The Labute approximate surface area is 111 Å². The van der Waals surface area contributed by atoms with E-state index in [4.69, 9.17) is 0 Å². The van der Waals surface area contributed by atoms with Crippen molar-refractivity contribution in [2.75, 3.05) is 5.32 Å². The summed E-state index contributed by atoms with van der Waals surface area (Å²) < 4.78 is 0. The maximum Gasteiger partial charge on any atom is 0.221 e. The Hall–Kier alpha value is -2.42. The molecule has 0 aromatic heterocycles. The number of anilines is 1. The predicted molar refractivity (Wildman–Crippen MR) is 73.4 cm³/mol. The summed E-state index contributed by atoms with van der Waals surface area (Å²) >= 11 is 0. The number of benzene rings is 2. The molecule has 0 saturated heterocycles. The average molecular weight is 251 g/mol. The fourth-order valence-corrected chi connectivity index (χ4v) is 2.55. The van der Waals surface area contributed by atoms with Gasteiger partial charge in [0.1, 0.15) is 0 Å². The summed E-state index contributed by atoms with van der Waals surface area (Å²) in [5.74, 6) is -0.179. The van der Waals surface area contributed by atoms with Crippen LogP contribution in [0.5, 0.6) is 0 Å². The third-order valence-electron chi connectivity index (χ3n) is 3.33. The molecule has 3 nitrogen and oxygen atoms in total. The predicted octanol–water partition coefficient (Wildman–Crippen LogP) is 2.78. The van der Waals surface area contributed by atoms with Gasteiger partial charge in [-0.3, -0.25) is 9.59 Å². The molecular formula is C16H13NO2. The van der Waals surface area contributed by atoms with Crippen molar-refractivity contribution in [3.05, 3.63) is 64.7 Å². The molecule has 0 spiro atoms. The highest BCUT2D eigenvalue weighted by Gasteiger charge is 2.25. The van der Waals surface area contributed by atoms with E-state index < -0.39 is 0 Å². The van der Waals surface area contributed by atoms with Crippen LogP contribution in [-0.2, 0) is 11.2 Å². The molecule has 1 aliphatic rings. The molecule has 3 rings (SSSR count). The van der Waals surface area contributed by atoms with E-state index in [1.165, 1.54) is 6.92 Å². The van der Waals surface area contributed by atoms with E-state index in [1.54, 1.807) is 6.07 Å². The Morgan fingerprint density at radius 2 is 1.79 bits per heavy atom. The van der Waals surface area contributed by atoms with Gasteiger partial charge in [0.25, 0.3) is 0 Å². The first-order chi connectivity index (χ1) is 9.16. The van der Waals surface area contributed by atoms with E-state index >= 15 is 0 Å². The Bertz CT molecular complexity index is 689. The maximum absolute atomic E-state index is 12.6. The first-order valence-electron chi connectivity index (χ1n) is 6.19. The van der Waals surface area contributed by atoms with Crippen molar-refractivity contribution >= 4 is 17.4 Å².